The molecule has 0 bridgehead atoms. The lowest BCUT2D eigenvalue weighted by atomic mass is 9.87. The van der Waals surface area contributed by atoms with Gasteiger partial charge in [-0.25, -0.2) is 0 Å². The number of nitrogens with zero attached hydrogens (tertiary/aromatic N) is 1. The van der Waals surface area contributed by atoms with Crippen LogP contribution in [0.4, 0.5) is 0 Å². The van der Waals surface area contributed by atoms with Gasteiger partial charge in [0.05, 0.1) is 12.5 Å². The summed E-state index contributed by atoms with van der Waals surface area (Å²) >= 11 is 0. The van der Waals surface area contributed by atoms with Crippen molar-refractivity contribution in [3.8, 4) is 0 Å². The highest BCUT2D eigenvalue weighted by molar-refractivity contribution is 5.72. The van der Waals surface area contributed by atoms with Crippen LogP contribution in [0.3, 0.4) is 0 Å². The van der Waals surface area contributed by atoms with Gasteiger partial charge in [0.2, 0.25) is 0 Å². The highest BCUT2D eigenvalue weighted by Crippen LogP contribution is 2.27. The summed E-state index contributed by atoms with van der Waals surface area (Å²) in [6.07, 6.45) is 1.91. The number of hydrogen-bond donors (Lipinski definition) is 1. The maximum absolute atomic E-state index is 11.6. The number of piperidine rings is 1. The zero-order valence-corrected chi connectivity index (χ0v) is 10.3. The maximum atomic E-state index is 11.6. The van der Waals surface area contributed by atoms with Crippen molar-refractivity contribution in [2.24, 2.45) is 5.92 Å². The van der Waals surface area contributed by atoms with Crippen LogP contribution in [-0.2, 0) is 9.53 Å². The van der Waals surface area contributed by atoms with Crippen LogP contribution < -0.4 is 5.32 Å². The molecule has 0 aromatic carbocycles. The summed E-state index contributed by atoms with van der Waals surface area (Å²) in [4.78, 5) is 14.1. The Labute approximate surface area is 97.3 Å². The quantitative estimate of drug-likeness (QED) is 0.716. The lowest BCUT2D eigenvalue weighted by Gasteiger charge is -2.50. The molecule has 0 aromatic heterocycles. The van der Waals surface area contributed by atoms with Crippen LogP contribution in [0.15, 0.2) is 0 Å². The van der Waals surface area contributed by atoms with Crippen LogP contribution in [-0.4, -0.2) is 49.2 Å². The number of carbonyl (C=O) groups is 1. The molecule has 16 heavy (non-hydrogen) atoms. The van der Waals surface area contributed by atoms with Gasteiger partial charge in [-0.3, -0.25) is 9.69 Å². The molecule has 2 aliphatic rings. The number of likely N-dealkylation sites (tertiary alicyclic amines) is 1. The average molecular weight is 226 g/mol. The van der Waals surface area contributed by atoms with Crippen LogP contribution in [0.1, 0.15) is 26.7 Å². The smallest absolute Gasteiger partial charge is 0.309 e. The van der Waals surface area contributed by atoms with Crippen molar-refractivity contribution in [1.29, 1.82) is 0 Å². The van der Waals surface area contributed by atoms with Crippen LogP contribution in [0.25, 0.3) is 0 Å². The van der Waals surface area contributed by atoms with Crippen molar-refractivity contribution in [1.82, 2.24) is 10.2 Å². The van der Waals surface area contributed by atoms with E-state index in [1.54, 1.807) is 0 Å². The first kappa shape index (κ1) is 11.9. The summed E-state index contributed by atoms with van der Waals surface area (Å²) in [5, 5.41) is 3.32. The molecule has 0 radical (unpaired) electrons. The maximum Gasteiger partial charge on any atom is 0.309 e. The Morgan fingerprint density at radius 2 is 2.06 bits per heavy atom. The summed E-state index contributed by atoms with van der Waals surface area (Å²) in [5.74, 6) is 0.131. The zero-order valence-electron chi connectivity index (χ0n) is 10.3. The van der Waals surface area contributed by atoms with E-state index < -0.39 is 0 Å². The molecule has 2 rings (SSSR count). The fourth-order valence-corrected chi connectivity index (χ4v) is 2.63. The Balaban J connectivity index is 1.80. The molecule has 0 atom stereocenters. The first-order valence-electron chi connectivity index (χ1n) is 6.28. The molecule has 0 amide bonds. The molecule has 0 unspecified atom stereocenters. The van der Waals surface area contributed by atoms with Gasteiger partial charge in [-0.2, -0.15) is 0 Å². The second-order valence-corrected chi connectivity index (χ2v) is 5.11. The van der Waals surface area contributed by atoms with E-state index in [9.17, 15) is 4.79 Å². The van der Waals surface area contributed by atoms with E-state index in [1.807, 2.05) is 6.92 Å². The fourth-order valence-electron chi connectivity index (χ4n) is 2.63. The fraction of sp³-hybridized carbons (Fsp3) is 0.917. The predicted molar refractivity (Wildman–Crippen MR) is 62.2 cm³/mol. The standard InChI is InChI=1S/C12H22N2O2/c1-3-16-11(15)10-4-6-14(7-5-10)12(2)8-13-9-12/h10,13H,3-9H2,1-2H3. The Kier molecular flexibility index (Phi) is 3.50. The second kappa shape index (κ2) is 4.72. The Bertz CT molecular complexity index is 256. The van der Waals surface area contributed by atoms with Crippen molar-refractivity contribution in [3.05, 3.63) is 0 Å². The van der Waals surface area contributed by atoms with Gasteiger partial charge >= 0.3 is 5.97 Å². The first-order valence-corrected chi connectivity index (χ1v) is 6.28. The third-order valence-electron chi connectivity index (χ3n) is 3.89. The third kappa shape index (κ3) is 2.23. The number of ether oxygens (including phenoxy) is 1. The van der Waals surface area contributed by atoms with Gasteiger partial charge in [0.1, 0.15) is 0 Å². The number of esters is 1. The summed E-state index contributed by atoms with van der Waals surface area (Å²) < 4.78 is 5.07. The largest absolute Gasteiger partial charge is 0.466 e. The Morgan fingerprint density at radius 1 is 1.44 bits per heavy atom. The highest BCUT2D eigenvalue weighted by Gasteiger charge is 2.40. The Hall–Kier alpha value is -0.610. The van der Waals surface area contributed by atoms with Gasteiger partial charge in [0, 0.05) is 18.6 Å². The normalized spacial score (nSPS) is 26.1. The van der Waals surface area contributed by atoms with E-state index in [1.165, 1.54) is 0 Å². The molecule has 0 aliphatic carbocycles. The van der Waals surface area contributed by atoms with E-state index in [0.29, 0.717) is 12.1 Å². The molecular weight excluding hydrogens is 204 g/mol. The first-order chi connectivity index (χ1) is 7.65. The van der Waals surface area contributed by atoms with Crippen molar-refractivity contribution < 1.29 is 9.53 Å². The summed E-state index contributed by atoms with van der Waals surface area (Å²) in [6.45, 7) is 8.89. The molecule has 0 spiro atoms. The molecule has 4 nitrogen and oxygen atoms in total. The van der Waals surface area contributed by atoms with Crippen molar-refractivity contribution >= 4 is 5.97 Å². The molecule has 92 valence electrons. The van der Waals surface area contributed by atoms with Crippen LogP contribution >= 0.6 is 0 Å². The van der Waals surface area contributed by atoms with Gasteiger partial charge in [-0.15, -0.1) is 0 Å². The van der Waals surface area contributed by atoms with Crippen LogP contribution in [0, 0.1) is 5.92 Å². The topological polar surface area (TPSA) is 41.6 Å². The Morgan fingerprint density at radius 3 is 2.50 bits per heavy atom. The lowest BCUT2D eigenvalue weighted by molar-refractivity contribution is -0.150. The molecule has 2 fully saturated rings. The number of hydrogen-bond acceptors (Lipinski definition) is 4. The van der Waals surface area contributed by atoms with Crippen LogP contribution in [0.2, 0.25) is 0 Å². The van der Waals surface area contributed by atoms with Gasteiger partial charge in [0.15, 0.2) is 0 Å². The minimum Gasteiger partial charge on any atom is -0.466 e. The SMILES string of the molecule is CCOC(=O)C1CCN(C2(C)CNC2)CC1. The molecule has 0 saturated carbocycles. The van der Waals surface area contributed by atoms with E-state index in [2.05, 4.69) is 17.1 Å². The van der Waals surface area contributed by atoms with Gasteiger partial charge in [0.25, 0.3) is 0 Å². The van der Waals surface area contributed by atoms with E-state index in [0.717, 1.165) is 39.0 Å². The number of rotatable bonds is 3. The van der Waals surface area contributed by atoms with Crippen molar-refractivity contribution in [3.63, 3.8) is 0 Å². The average Bonchev–Trinajstić information content (AvgIpc) is 2.26. The minimum atomic E-state index is -0.000891. The van der Waals surface area contributed by atoms with Crippen LogP contribution in [0.5, 0.6) is 0 Å². The van der Waals surface area contributed by atoms with Gasteiger partial charge in [-0.1, -0.05) is 0 Å². The zero-order chi connectivity index (χ0) is 11.6. The second-order valence-electron chi connectivity index (χ2n) is 5.11. The van der Waals surface area contributed by atoms with Crippen molar-refractivity contribution in [2.45, 2.75) is 32.2 Å². The monoisotopic (exact) mass is 226 g/mol. The van der Waals surface area contributed by atoms with Crippen molar-refractivity contribution in [2.75, 3.05) is 32.8 Å². The van der Waals surface area contributed by atoms with E-state index in [-0.39, 0.29) is 11.9 Å². The number of carbonyl (C=O) groups excluding carboxylic acids is 1. The molecule has 2 aliphatic heterocycles. The van der Waals surface area contributed by atoms with Gasteiger partial charge in [-0.05, 0) is 39.8 Å². The third-order valence-corrected chi connectivity index (χ3v) is 3.89. The molecule has 2 heterocycles. The summed E-state index contributed by atoms with van der Waals surface area (Å²) in [6, 6.07) is 0. The van der Waals surface area contributed by atoms with Gasteiger partial charge < -0.3 is 10.1 Å². The minimum absolute atomic E-state index is 0.000891. The van der Waals surface area contributed by atoms with E-state index in [4.69, 9.17) is 4.74 Å². The molecule has 1 N–H and O–H groups in total. The lowest BCUT2D eigenvalue weighted by Crippen LogP contribution is -2.68. The molecule has 4 heteroatoms. The molecular formula is C12H22N2O2. The number of nitrogens with one attached hydrogen (secondary N) is 1. The molecule has 0 aromatic rings. The highest BCUT2D eigenvalue weighted by atomic mass is 16.5. The predicted octanol–water partition coefficient (Wildman–Crippen LogP) is 0.623. The molecule has 2 saturated heterocycles. The summed E-state index contributed by atoms with van der Waals surface area (Å²) in [5.41, 5.74) is 0.333. The van der Waals surface area contributed by atoms with E-state index >= 15 is 0 Å². The summed E-state index contributed by atoms with van der Waals surface area (Å²) in [7, 11) is 0.